The highest BCUT2D eigenvalue weighted by Gasteiger charge is 2.18. The minimum Gasteiger partial charge on any atom is -0.497 e. The van der Waals surface area contributed by atoms with Crippen LogP contribution in [0.2, 0.25) is 0 Å². The monoisotopic (exact) mass is 384 g/mol. The van der Waals surface area contributed by atoms with Crippen LogP contribution in [0.5, 0.6) is 5.75 Å². The number of nitrogens with one attached hydrogen (secondary N) is 3. The number of carbonyl (C=O) groups is 2. The van der Waals surface area contributed by atoms with Crippen LogP contribution in [0.15, 0.2) is 42.5 Å². The van der Waals surface area contributed by atoms with Gasteiger partial charge in [-0.25, -0.2) is 0 Å². The lowest BCUT2D eigenvalue weighted by atomic mass is 10.1. The Labute approximate surface area is 166 Å². The van der Waals surface area contributed by atoms with Crippen LogP contribution in [0.25, 0.3) is 0 Å². The second-order valence-electron chi connectivity index (χ2n) is 6.74. The van der Waals surface area contributed by atoms with Gasteiger partial charge in [-0.05, 0) is 55.7 Å². The molecular weight excluding hydrogens is 354 g/mol. The van der Waals surface area contributed by atoms with E-state index >= 15 is 0 Å². The Hall–Kier alpha value is -2.86. The summed E-state index contributed by atoms with van der Waals surface area (Å²) >= 11 is 0. The summed E-state index contributed by atoms with van der Waals surface area (Å²) < 4.78 is 5.11. The first-order chi connectivity index (χ1) is 13.5. The molecule has 2 aromatic rings. The zero-order valence-electron chi connectivity index (χ0n) is 17.1. The lowest BCUT2D eigenvalue weighted by molar-refractivity contribution is -0.881. The number of amides is 2. The molecule has 0 saturated heterocycles. The van der Waals surface area contributed by atoms with Gasteiger partial charge in [0.2, 0.25) is 0 Å². The molecule has 0 aliphatic carbocycles. The average molecular weight is 385 g/mol. The molecule has 0 fully saturated rings. The van der Waals surface area contributed by atoms with E-state index in [-0.39, 0.29) is 24.9 Å². The van der Waals surface area contributed by atoms with Crippen molar-refractivity contribution in [1.82, 2.24) is 0 Å². The second-order valence-corrected chi connectivity index (χ2v) is 6.74. The molecule has 0 bridgehead atoms. The fourth-order valence-corrected chi connectivity index (χ4v) is 3.03. The van der Waals surface area contributed by atoms with Crippen molar-refractivity contribution in [3.8, 4) is 5.75 Å². The van der Waals surface area contributed by atoms with Crippen molar-refractivity contribution in [1.29, 1.82) is 0 Å². The largest absolute Gasteiger partial charge is 0.497 e. The topological polar surface area (TPSA) is 71.9 Å². The van der Waals surface area contributed by atoms with Crippen LogP contribution < -0.4 is 20.3 Å². The fraction of sp³-hybridized carbons (Fsp3) is 0.364. The maximum absolute atomic E-state index is 12.5. The van der Waals surface area contributed by atoms with Gasteiger partial charge in [0.25, 0.3) is 11.8 Å². The predicted molar refractivity (Wildman–Crippen MR) is 112 cm³/mol. The van der Waals surface area contributed by atoms with Crippen LogP contribution in [0.1, 0.15) is 25.0 Å². The smallest absolute Gasteiger partial charge is 0.279 e. The van der Waals surface area contributed by atoms with E-state index in [2.05, 4.69) is 17.6 Å². The molecular formula is C22H30N3O3+. The SMILES string of the molecule is CCc1cccc(C)c1NC(=O)C[NH+](CC)CC(=O)Nc1ccc(OC)cc1. The summed E-state index contributed by atoms with van der Waals surface area (Å²) in [5, 5.41) is 5.89. The minimum atomic E-state index is -0.125. The van der Waals surface area contributed by atoms with E-state index in [0.717, 1.165) is 33.9 Å². The predicted octanol–water partition coefficient (Wildman–Crippen LogP) is 2.05. The number of benzene rings is 2. The zero-order valence-corrected chi connectivity index (χ0v) is 17.1. The molecule has 150 valence electrons. The van der Waals surface area contributed by atoms with Crippen molar-refractivity contribution in [2.24, 2.45) is 0 Å². The van der Waals surface area contributed by atoms with Crippen molar-refractivity contribution in [2.45, 2.75) is 27.2 Å². The number of quaternary nitrogens is 1. The van der Waals surface area contributed by atoms with Crippen molar-refractivity contribution < 1.29 is 19.2 Å². The molecule has 6 heteroatoms. The number of likely N-dealkylation sites (N-methyl/N-ethyl adjacent to an activating group) is 1. The Morgan fingerprint density at radius 1 is 0.964 bits per heavy atom. The lowest BCUT2D eigenvalue weighted by Gasteiger charge is -2.18. The first kappa shape index (κ1) is 21.4. The van der Waals surface area contributed by atoms with Gasteiger partial charge in [0, 0.05) is 11.4 Å². The Morgan fingerprint density at radius 3 is 2.18 bits per heavy atom. The normalized spacial score (nSPS) is 11.6. The Morgan fingerprint density at radius 2 is 1.61 bits per heavy atom. The molecule has 0 aliphatic rings. The summed E-state index contributed by atoms with van der Waals surface area (Å²) in [6.45, 7) is 7.17. The molecule has 0 heterocycles. The van der Waals surface area contributed by atoms with Gasteiger partial charge in [-0.2, -0.15) is 0 Å². The molecule has 0 saturated carbocycles. The third-order valence-electron chi connectivity index (χ3n) is 4.70. The molecule has 0 radical (unpaired) electrons. The van der Waals surface area contributed by atoms with Gasteiger partial charge in [-0.15, -0.1) is 0 Å². The number of hydrogen-bond donors (Lipinski definition) is 3. The quantitative estimate of drug-likeness (QED) is 0.620. The summed E-state index contributed by atoms with van der Waals surface area (Å²) in [7, 11) is 1.60. The highest BCUT2D eigenvalue weighted by molar-refractivity contribution is 5.94. The van der Waals surface area contributed by atoms with Crippen LogP contribution >= 0.6 is 0 Å². The van der Waals surface area contributed by atoms with Crippen LogP contribution in [0.3, 0.4) is 0 Å². The number of para-hydroxylation sites is 1. The molecule has 2 rings (SSSR count). The van der Waals surface area contributed by atoms with Crippen LogP contribution in [0, 0.1) is 6.92 Å². The van der Waals surface area contributed by atoms with E-state index in [1.807, 2.05) is 32.0 Å². The molecule has 3 N–H and O–H groups in total. The van der Waals surface area contributed by atoms with Gasteiger partial charge in [-0.3, -0.25) is 9.59 Å². The Balaban J connectivity index is 1.92. The van der Waals surface area contributed by atoms with E-state index in [0.29, 0.717) is 12.2 Å². The number of hydrogen-bond acceptors (Lipinski definition) is 3. The molecule has 28 heavy (non-hydrogen) atoms. The van der Waals surface area contributed by atoms with Gasteiger partial charge >= 0.3 is 0 Å². The fourth-order valence-electron chi connectivity index (χ4n) is 3.03. The standard InChI is InChI=1S/C22H29N3O3/c1-5-17-9-7-8-16(3)22(17)24-21(27)15-25(6-2)14-20(26)23-18-10-12-19(28-4)13-11-18/h7-13H,5-6,14-15H2,1-4H3,(H,23,26)(H,24,27)/p+1. The summed E-state index contributed by atoms with van der Waals surface area (Å²) in [5.74, 6) is 0.524. The zero-order chi connectivity index (χ0) is 20.5. The van der Waals surface area contributed by atoms with Gasteiger partial charge < -0.3 is 20.3 Å². The number of carbonyl (C=O) groups excluding carboxylic acids is 2. The van der Waals surface area contributed by atoms with Gasteiger partial charge in [0.05, 0.1) is 13.7 Å². The van der Waals surface area contributed by atoms with Crippen molar-refractivity contribution in [2.75, 3.05) is 37.4 Å². The van der Waals surface area contributed by atoms with E-state index in [4.69, 9.17) is 4.74 Å². The number of anilines is 2. The first-order valence-corrected chi connectivity index (χ1v) is 9.62. The van der Waals surface area contributed by atoms with Gasteiger partial charge in [0.15, 0.2) is 13.1 Å². The number of methoxy groups -OCH3 is 1. The number of ether oxygens (including phenoxy) is 1. The summed E-state index contributed by atoms with van der Waals surface area (Å²) in [6.07, 6.45) is 0.853. The summed E-state index contributed by atoms with van der Waals surface area (Å²) in [6, 6.07) is 13.2. The summed E-state index contributed by atoms with van der Waals surface area (Å²) in [5.41, 5.74) is 3.75. The van der Waals surface area contributed by atoms with E-state index in [9.17, 15) is 9.59 Å². The van der Waals surface area contributed by atoms with Crippen LogP contribution in [-0.4, -0.2) is 38.6 Å². The lowest BCUT2D eigenvalue weighted by Crippen LogP contribution is -3.13. The van der Waals surface area contributed by atoms with Crippen molar-refractivity contribution in [3.63, 3.8) is 0 Å². The Kier molecular flexibility index (Phi) is 8.02. The third-order valence-corrected chi connectivity index (χ3v) is 4.70. The van der Waals surface area contributed by atoms with Crippen LogP contribution in [-0.2, 0) is 16.0 Å². The van der Waals surface area contributed by atoms with Gasteiger partial charge in [-0.1, -0.05) is 25.1 Å². The van der Waals surface area contributed by atoms with Crippen molar-refractivity contribution in [3.05, 3.63) is 53.6 Å². The molecule has 0 aliphatic heterocycles. The molecule has 1 unspecified atom stereocenters. The molecule has 2 aromatic carbocycles. The van der Waals surface area contributed by atoms with E-state index in [1.165, 1.54) is 0 Å². The van der Waals surface area contributed by atoms with Crippen molar-refractivity contribution >= 4 is 23.2 Å². The third kappa shape index (κ3) is 6.09. The molecule has 1 atom stereocenters. The molecule has 6 nitrogen and oxygen atoms in total. The van der Waals surface area contributed by atoms with Gasteiger partial charge in [0.1, 0.15) is 5.75 Å². The molecule has 0 aromatic heterocycles. The maximum Gasteiger partial charge on any atom is 0.279 e. The number of aryl methyl sites for hydroxylation is 2. The summed E-state index contributed by atoms with van der Waals surface area (Å²) in [4.78, 5) is 25.8. The highest BCUT2D eigenvalue weighted by Crippen LogP contribution is 2.20. The average Bonchev–Trinajstić information content (AvgIpc) is 2.69. The van der Waals surface area contributed by atoms with E-state index in [1.54, 1.807) is 31.4 Å². The second kappa shape index (κ2) is 10.5. The van der Waals surface area contributed by atoms with Crippen LogP contribution in [0.4, 0.5) is 11.4 Å². The Bertz CT molecular complexity index is 803. The number of rotatable bonds is 9. The highest BCUT2D eigenvalue weighted by atomic mass is 16.5. The minimum absolute atomic E-state index is 0.0851. The maximum atomic E-state index is 12.5. The molecule has 0 spiro atoms. The van der Waals surface area contributed by atoms with E-state index < -0.39 is 0 Å². The molecule has 2 amide bonds. The first-order valence-electron chi connectivity index (χ1n) is 9.62.